The number of nitrogens with one attached hydrogen (secondary N) is 1. The number of H-pyrrole nitrogens is 1. The molecule has 1 aromatic carbocycles. The van der Waals surface area contributed by atoms with Gasteiger partial charge in [0.2, 0.25) is 0 Å². The molecule has 0 bridgehead atoms. The minimum absolute atomic E-state index is 0.0647. The first-order chi connectivity index (χ1) is 19.2. The molecule has 3 aromatic rings. The van der Waals surface area contributed by atoms with E-state index >= 15 is 0 Å². The van der Waals surface area contributed by atoms with Crippen molar-refractivity contribution in [2.24, 2.45) is 5.92 Å². The number of rotatable bonds is 8. The Hall–Kier alpha value is -3.51. The smallest absolute Gasteiger partial charge is 0.416 e. The zero-order valence-electron chi connectivity index (χ0n) is 23.3. The fraction of sp³-hybridized carbons (Fsp3) is 0.536. The zero-order valence-corrected chi connectivity index (χ0v) is 23.3. The molecule has 1 saturated carbocycles. The number of nitrogens with zero attached hydrogens (tertiary/aromatic N) is 4. The van der Waals surface area contributed by atoms with E-state index in [1.165, 1.54) is 0 Å². The number of aromatic nitrogens is 3. The predicted octanol–water partition coefficient (Wildman–Crippen LogP) is 7.65. The number of alkyl halides is 6. The average Bonchev–Trinajstić information content (AvgIpc) is 3.57. The van der Waals surface area contributed by atoms with Crippen LogP contribution in [0.25, 0.3) is 11.0 Å². The maximum atomic E-state index is 13.5. The summed E-state index contributed by atoms with van der Waals surface area (Å²) < 4.78 is 86.1. The first-order valence-electron chi connectivity index (χ1n) is 13.5. The van der Waals surface area contributed by atoms with Crippen LogP contribution in [0.2, 0.25) is 0 Å². The first-order valence-corrected chi connectivity index (χ1v) is 13.5. The van der Waals surface area contributed by atoms with Crippen molar-refractivity contribution in [1.29, 1.82) is 0 Å². The minimum Gasteiger partial charge on any atom is -0.453 e. The summed E-state index contributed by atoms with van der Waals surface area (Å²) in [5, 5.41) is 7.83. The van der Waals surface area contributed by atoms with Crippen LogP contribution in [0.5, 0.6) is 0 Å². The van der Waals surface area contributed by atoms with Gasteiger partial charge in [-0.05, 0) is 69.4 Å². The van der Waals surface area contributed by atoms with Crippen LogP contribution in [0.1, 0.15) is 73.5 Å². The number of benzene rings is 1. The number of carbonyl (C=O) groups is 1. The number of aromatic amines is 1. The predicted molar refractivity (Wildman–Crippen MR) is 141 cm³/mol. The molecule has 0 saturated heterocycles. The molecule has 1 atom stereocenters. The fourth-order valence-corrected chi connectivity index (χ4v) is 5.46. The Balaban J connectivity index is 1.80. The molecule has 224 valence electrons. The lowest BCUT2D eigenvalue weighted by Crippen LogP contribution is -2.36. The average molecular weight is 586 g/mol. The molecule has 41 heavy (non-hydrogen) atoms. The van der Waals surface area contributed by atoms with Gasteiger partial charge < -0.3 is 9.64 Å². The number of aryl methyl sites for hydroxylation is 1. The number of hydrogen-bond donors (Lipinski definition) is 1. The van der Waals surface area contributed by atoms with Crippen molar-refractivity contribution >= 4 is 22.9 Å². The molecule has 1 amide bonds. The second-order valence-corrected chi connectivity index (χ2v) is 10.5. The lowest BCUT2D eigenvalue weighted by atomic mass is 10.0. The number of carbonyl (C=O) groups excluding carboxylic acids is 1. The van der Waals surface area contributed by atoms with E-state index in [4.69, 9.17) is 9.72 Å². The van der Waals surface area contributed by atoms with E-state index in [9.17, 15) is 31.1 Å². The highest BCUT2D eigenvalue weighted by atomic mass is 19.4. The number of anilines is 1. The molecule has 0 radical (unpaired) electrons. The first kappa shape index (κ1) is 30.4. The van der Waals surface area contributed by atoms with Crippen LogP contribution in [0.4, 0.5) is 37.0 Å². The van der Waals surface area contributed by atoms with Crippen LogP contribution in [0.15, 0.2) is 24.3 Å². The molecular weight excluding hydrogens is 552 g/mol. The molecule has 2 aromatic heterocycles. The van der Waals surface area contributed by atoms with Gasteiger partial charge in [0, 0.05) is 30.6 Å². The Bertz CT molecular complexity index is 1350. The molecule has 1 fully saturated rings. The van der Waals surface area contributed by atoms with Gasteiger partial charge in [-0.2, -0.15) is 31.4 Å². The molecule has 4 rings (SSSR count). The van der Waals surface area contributed by atoms with Crippen LogP contribution in [0.3, 0.4) is 0 Å². The maximum absolute atomic E-state index is 13.5. The fourth-order valence-electron chi connectivity index (χ4n) is 5.46. The summed E-state index contributed by atoms with van der Waals surface area (Å²) in [5.41, 5.74) is -1.47. The van der Waals surface area contributed by atoms with Crippen molar-refractivity contribution in [1.82, 2.24) is 20.1 Å². The summed E-state index contributed by atoms with van der Waals surface area (Å²) in [7, 11) is 1.11. The topological polar surface area (TPSA) is 74.4 Å². The van der Waals surface area contributed by atoms with Crippen LogP contribution in [-0.4, -0.2) is 46.4 Å². The third kappa shape index (κ3) is 6.70. The Morgan fingerprint density at radius 3 is 2.22 bits per heavy atom. The zero-order chi connectivity index (χ0) is 30.1. The normalized spacial score (nSPS) is 15.4. The molecule has 7 nitrogen and oxygen atoms in total. The van der Waals surface area contributed by atoms with Crippen LogP contribution in [0, 0.1) is 12.8 Å². The van der Waals surface area contributed by atoms with Crippen LogP contribution >= 0.6 is 0 Å². The summed E-state index contributed by atoms with van der Waals surface area (Å²) in [6.07, 6.45) is -6.48. The summed E-state index contributed by atoms with van der Waals surface area (Å²) >= 11 is 0. The Labute approximate surface area is 233 Å². The number of hydrogen-bond acceptors (Lipinski definition) is 5. The Morgan fingerprint density at radius 2 is 1.68 bits per heavy atom. The quantitative estimate of drug-likeness (QED) is 0.275. The molecule has 1 unspecified atom stereocenters. The SMILES string of the molecule is CCN(CC1CCCC1)c1nc2[nH]nc(C)c2cc1C(C)N(Cc1cc(C(F)(F)F)cc(C(F)(F)F)c1)C(=O)OC. The lowest BCUT2D eigenvalue weighted by molar-refractivity contribution is -0.143. The van der Waals surface area contributed by atoms with Crippen LogP contribution < -0.4 is 4.90 Å². The number of fused-ring (bicyclic) bond motifs is 1. The van der Waals surface area contributed by atoms with Crippen molar-refractivity contribution in [3.63, 3.8) is 0 Å². The van der Waals surface area contributed by atoms with Crippen molar-refractivity contribution in [2.45, 2.75) is 71.4 Å². The minimum atomic E-state index is -5.01. The highest BCUT2D eigenvalue weighted by Crippen LogP contribution is 2.39. The summed E-state index contributed by atoms with van der Waals surface area (Å²) in [6, 6.07) is 2.31. The molecular formula is C28H33F6N5O2. The van der Waals surface area contributed by atoms with E-state index in [2.05, 4.69) is 15.1 Å². The van der Waals surface area contributed by atoms with Crippen LogP contribution in [-0.2, 0) is 23.6 Å². The van der Waals surface area contributed by atoms with Gasteiger partial charge in [-0.1, -0.05) is 12.8 Å². The standard InChI is InChI=1S/C28H33F6N5O2/c1-5-38(14-18-8-6-7-9-18)25-23(13-22-16(2)36-37-24(22)35-25)17(3)39(26(40)41-4)15-19-10-20(27(29,30)31)12-21(11-19)28(32,33)34/h10-13,17-18H,5-9,14-15H2,1-4H3,(H,35,36,37). The number of halogens is 6. The Morgan fingerprint density at radius 1 is 1.07 bits per heavy atom. The van der Waals surface area contributed by atoms with Crippen molar-refractivity contribution in [2.75, 3.05) is 25.1 Å². The lowest BCUT2D eigenvalue weighted by Gasteiger charge is -2.33. The Kier molecular flexibility index (Phi) is 8.74. The van der Waals surface area contributed by atoms with E-state index in [-0.39, 0.29) is 11.6 Å². The summed E-state index contributed by atoms with van der Waals surface area (Å²) in [6.45, 7) is 6.18. The second kappa shape index (κ2) is 11.8. The highest BCUT2D eigenvalue weighted by molar-refractivity contribution is 5.81. The molecule has 13 heteroatoms. The second-order valence-electron chi connectivity index (χ2n) is 10.5. The summed E-state index contributed by atoms with van der Waals surface area (Å²) in [5.74, 6) is 1.03. The highest BCUT2D eigenvalue weighted by Gasteiger charge is 2.38. The van der Waals surface area contributed by atoms with Crippen molar-refractivity contribution < 1.29 is 35.9 Å². The van der Waals surface area contributed by atoms with Gasteiger partial charge in [0.1, 0.15) is 5.82 Å². The molecule has 1 aliphatic carbocycles. The number of amides is 1. The van der Waals surface area contributed by atoms with Gasteiger partial charge >= 0.3 is 18.4 Å². The van der Waals surface area contributed by atoms with E-state index < -0.39 is 42.2 Å². The molecule has 1 N–H and O–H groups in total. The van der Waals surface area contributed by atoms with Crippen molar-refractivity contribution in [3.05, 3.63) is 52.2 Å². The maximum Gasteiger partial charge on any atom is 0.416 e. The van der Waals surface area contributed by atoms with Gasteiger partial charge in [0.25, 0.3) is 0 Å². The van der Waals surface area contributed by atoms with Gasteiger partial charge in [-0.25, -0.2) is 9.78 Å². The number of pyridine rings is 1. The van der Waals surface area contributed by atoms with Gasteiger partial charge in [-0.15, -0.1) is 0 Å². The molecule has 1 aliphatic rings. The van der Waals surface area contributed by atoms with E-state index in [0.717, 1.165) is 44.2 Å². The molecule has 0 spiro atoms. The van der Waals surface area contributed by atoms with E-state index in [1.54, 1.807) is 13.8 Å². The molecule has 0 aliphatic heterocycles. The monoisotopic (exact) mass is 585 g/mol. The number of methoxy groups -OCH3 is 1. The van der Waals surface area contributed by atoms with E-state index in [0.29, 0.717) is 52.7 Å². The van der Waals surface area contributed by atoms with E-state index in [1.807, 2.05) is 13.0 Å². The largest absolute Gasteiger partial charge is 0.453 e. The third-order valence-electron chi connectivity index (χ3n) is 7.71. The third-order valence-corrected chi connectivity index (χ3v) is 7.71. The number of ether oxygens (including phenoxy) is 1. The van der Waals surface area contributed by atoms with Gasteiger partial charge in [-0.3, -0.25) is 10.00 Å². The van der Waals surface area contributed by atoms with Crippen molar-refractivity contribution in [3.8, 4) is 0 Å². The summed E-state index contributed by atoms with van der Waals surface area (Å²) in [4.78, 5) is 21.0. The van der Waals surface area contributed by atoms with Gasteiger partial charge in [0.15, 0.2) is 5.65 Å². The van der Waals surface area contributed by atoms with Gasteiger partial charge in [0.05, 0.1) is 30.0 Å². The molecule has 2 heterocycles.